The van der Waals surface area contributed by atoms with Crippen LogP contribution >= 0.6 is 8.58 Å². The van der Waals surface area contributed by atoms with Crippen LogP contribution in [0.25, 0.3) is 11.1 Å². The van der Waals surface area contributed by atoms with Crippen LogP contribution in [0.2, 0.25) is 0 Å². The molecule has 3 rings (SSSR count). The van der Waals surface area contributed by atoms with Gasteiger partial charge >= 0.3 is 0 Å². The molecule has 1 atom stereocenters. The van der Waals surface area contributed by atoms with E-state index in [1.165, 1.54) is 21.7 Å². The summed E-state index contributed by atoms with van der Waals surface area (Å²) in [6.45, 7) is 0. The van der Waals surface area contributed by atoms with E-state index in [1.54, 1.807) is 0 Å². The van der Waals surface area contributed by atoms with Gasteiger partial charge in [-0.25, -0.2) is 0 Å². The molecule has 0 aliphatic carbocycles. The lowest BCUT2D eigenvalue weighted by Gasteiger charge is -2.06. The van der Waals surface area contributed by atoms with Crippen molar-refractivity contribution in [3.05, 3.63) is 84.9 Å². The number of benzene rings is 3. The molecule has 0 aromatic heterocycles. The fraction of sp³-hybridized carbons (Fsp3) is 0. The van der Waals surface area contributed by atoms with E-state index in [1.807, 2.05) is 0 Å². The van der Waals surface area contributed by atoms with Gasteiger partial charge in [-0.3, -0.25) is 0 Å². The standard InChI is InChI=1S/C18H15P/c1-3-8-15(9-4-1)16-10-7-13-18(14-16)19-17-11-5-2-6-12-17/h1-14,19H. The zero-order chi connectivity index (χ0) is 12.9. The molecule has 0 saturated carbocycles. The van der Waals surface area contributed by atoms with Crippen LogP contribution in [-0.2, 0) is 0 Å². The lowest BCUT2D eigenvalue weighted by atomic mass is 10.1. The third kappa shape index (κ3) is 3.10. The average molecular weight is 262 g/mol. The van der Waals surface area contributed by atoms with Gasteiger partial charge in [0.15, 0.2) is 0 Å². The molecule has 0 saturated heterocycles. The van der Waals surface area contributed by atoms with Crippen molar-refractivity contribution in [2.75, 3.05) is 0 Å². The van der Waals surface area contributed by atoms with Crippen LogP contribution in [0.1, 0.15) is 0 Å². The summed E-state index contributed by atoms with van der Waals surface area (Å²) >= 11 is 0. The quantitative estimate of drug-likeness (QED) is 0.626. The van der Waals surface area contributed by atoms with Crippen molar-refractivity contribution in [2.45, 2.75) is 0 Å². The molecule has 0 amide bonds. The first-order valence-electron chi connectivity index (χ1n) is 6.39. The molecular weight excluding hydrogens is 247 g/mol. The van der Waals surface area contributed by atoms with Crippen LogP contribution in [0.3, 0.4) is 0 Å². The Morgan fingerprint density at radius 1 is 0.474 bits per heavy atom. The van der Waals surface area contributed by atoms with Gasteiger partial charge in [0.05, 0.1) is 0 Å². The molecule has 3 aromatic rings. The Kier molecular flexibility index (Phi) is 3.72. The molecule has 0 aliphatic heterocycles. The van der Waals surface area contributed by atoms with Crippen molar-refractivity contribution in [3.63, 3.8) is 0 Å². The minimum atomic E-state index is 0.718. The molecule has 0 radical (unpaired) electrons. The number of rotatable bonds is 3. The first-order chi connectivity index (χ1) is 9.42. The zero-order valence-electron chi connectivity index (χ0n) is 10.6. The highest BCUT2D eigenvalue weighted by atomic mass is 31.1. The van der Waals surface area contributed by atoms with Crippen molar-refractivity contribution in [2.24, 2.45) is 0 Å². The van der Waals surface area contributed by atoms with E-state index in [4.69, 9.17) is 0 Å². The molecule has 0 aliphatic rings. The Hall–Kier alpha value is -1.91. The van der Waals surface area contributed by atoms with Crippen molar-refractivity contribution >= 4 is 19.2 Å². The second kappa shape index (κ2) is 5.82. The van der Waals surface area contributed by atoms with E-state index in [2.05, 4.69) is 84.9 Å². The summed E-state index contributed by atoms with van der Waals surface area (Å²) in [4.78, 5) is 0. The van der Waals surface area contributed by atoms with Crippen molar-refractivity contribution in [3.8, 4) is 11.1 Å². The van der Waals surface area contributed by atoms with E-state index in [0.717, 1.165) is 8.58 Å². The predicted molar refractivity (Wildman–Crippen MR) is 85.9 cm³/mol. The minimum Gasteiger partial charge on any atom is -0.0622 e. The molecule has 0 spiro atoms. The maximum absolute atomic E-state index is 2.29. The largest absolute Gasteiger partial charge is 0.0622 e. The molecule has 0 nitrogen and oxygen atoms in total. The van der Waals surface area contributed by atoms with Crippen LogP contribution in [-0.4, -0.2) is 0 Å². The van der Waals surface area contributed by atoms with Crippen LogP contribution in [0, 0.1) is 0 Å². The first-order valence-corrected chi connectivity index (χ1v) is 7.39. The van der Waals surface area contributed by atoms with Gasteiger partial charge in [-0.1, -0.05) is 87.4 Å². The first kappa shape index (κ1) is 12.1. The molecule has 0 heterocycles. The monoisotopic (exact) mass is 262 g/mol. The fourth-order valence-electron chi connectivity index (χ4n) is 2.10. The van der Waals surface area contributed by atoms with Crippen LogP contribution in [0.5, 0.6) is 0 Å². The molecular formula is C18H15P. The second-order valence-corrected chi connectivity index (χ2v) is 5.84. The van der Waals surface area contributed by atoms with Crippen molar-refractivity contribution in [1.82, 2.24) is 0 Å². The van der Waals surface area contributed by atoms with Crippen molar-refractivity contribution < 1.29 is 0 Å². The Morgan fingerprint density at radius 3 is 1.79 bits per heavy atom. The van der Waals surface area contributed by atoms with Gasteiger partial charge in [0.1, 0.15) is 0 Å². The normalized spacial score (nSPS) is 10.9. The average Bonchev–Trinajstić information content (AvgIpc) is 2.49. The Balaban J connectivity index is 1.89. The van der Waals surface area contributed by atoms with Gasteiger partial charge in [0.25, 0.3) is 0 Å². The van der Waals surface area contributed by atoms with Crippen molar-refractivity contribution in [1.29, 1.82) is 0 Å². The summed E-state index contributed by atoms with van der Waals surface area (Å²) < 4.78 is 0. The molecule has 0 N–H and O–H groups in total. The summed E-state index contributed by atoms with van der Waals surface area (Å²) in [5.74, 6) is 0. The molecule has 1 heteroatoms. The lowest BCUT2D eigenvalue weighted by molar-refractivity contribution is 1.64. The molecule has 0 fully saturated rings. The van der Waals surface area contributed by atoms with Gasteiger partial charge in [-0.05, 0) is 27.8 Å². The smallest absolute Gasteiger partial charge is 0.0178 e. The summed E-state index contributed by atoms with van der Waals surface area (Å²) in [5.41, 5.74) is 2.57. The highest BCUT2D eigenvalue weighted by Gasteiger charge is 1.99. The van der Waals surface area contributed by atoms with Gasteiger partial charge in [-0.15, -0.1) is 0 Å². The van der Waals surface area contributed by atoms with Crippen LogP contribution < -0.4 is 10.6 Å². The van der Waals surface area contributed by atoms with E-state index >= 15 is 0 Å². The van der Waals surface area contributed by atoms with E-state index in [0.29, 0.717) is 0 Å². The molecule has 1 unspecified atom stereocenters. The summed E-state index contributed by atoms with van der Waals surface area (Å²) in [5, 5.41) is 2.76. The maximum Gasteiger partial charge on any atom is -0.0178 e. The third-order valence-electron chi connectivity index (χ3n) is 3.03. The van der Waals surface area contributed by atoms with Gasteiger partial charge in [0, 0.05) is 0 Å². The highest BCUT2D eigenvalue weighted by Crippen LogP contribution is 2.20. The SMILES string of the molecule is c1ccc(Pc2cccc(-c3ccccc3)c2)cc1. The van der Waals surface area contributed by atoms with E-state index < -0.39 is 0 Å². The van der Waals surface area contributed by atoms with Gasteiger partial charge < -0.3 is 0 Å². The Bertz CT molecular complexity index is 645. The van der Waals surface area contributed by atoms with Gasteiger partial charge in [-0.2, -0.15) is 0 Å². The molecule has 92 valence electrons. The molecule has 0 bridgehead atoms. The Labute approximate surface area is 115 Å². The lowest BCUT2D eigenvalue weighted by Crippen LogP contribution is -2.02. The predicted octanol–water partition coefficient (Wildman–Crippen LogP) is 3.98. The Morgan fingerprint density at radius 2 is 1.05 bits per heavy atom. The summed E-state index contributed by atoms with van der Waals surface area (Å²) in [6.07, 6.45) is 0. The fourth-order valence-corrected chi connectivity index (χ4v) is 3.19. The second-order valence-electron chi connectivity index (χ2n) is 4.44. The summed E-state index contributed by atoms with van der Waals surface area (Å²) in [7, 11) is 0.718. The highest BCUT2D eigenvalue weighted by molar-refractivity contribution is 7.55. The third-order valence-corrected chi connectivity index (χ3v) is 4.25. The van der Waals surface area contributed by atoms with Crippen LogP contribution in [0.15, 0.2) is 84.9 Å². The van der Waals surface area contributed by atoms with Crippen LogP contribution in [0.4, 0.5) is 0 Å². The van der Waals surface area contributed by atoms with Gasteiger partial charge in [0.2, 0.25) is 0 Å². The minimum absolute atomic E-state index is 0.718. The molecule has 19 heavy (non-hydrogen) atoms. The van der Waals surface area contributed by atoms with E-state index in [-0.39, 0.29) is 0 Å². The molecule has 3 aromatic carbocycles. The zero-order valence-corrected chi connectivity index (χ0v) is 11.6. The van der Waals surface area contributed by atoms with E-state index in [9.17, 15) is 0 Å². The maximum atomic E-state index is 2.29. The topological polar surface area (TPSA) is 0 Å². The number of hydrogen-bond acceptors (Lipinski definition) is 0. The number of hydrogen-bond donors (Lipinski definition) is 0. The summed E-state index contributed by atoms with van der Waals surface area (Å²) in [6, 6.07) is 30.0.